The van der Waals surface area contributed by atoms with Crippen LogP contribution in [0.2, 0.25) is 0 Å². The summed E-state index contributed by atoms with van der Waals surface area (Å²) < 4.78 is 0. The van der Waals surface area contributed by atoms with Crippen LogP contribution in [-0.2, 0) is 0 Å². The summed E-state index contributed by atoms with van der Waals surface area (Å²) in [4.78, 5) is 2.39. The maximum Gasteiger partial charge on any atom is 0.0502 e. The molecule has 1 aliphatic carbocycles. The highest BCUT2D eigenvalue weighted by atomic mass is 16.3. The first-order chi connectivity index (χ1) is 6.72. The lowest BCUT2D eigenvalue weighted by atomic mass is 9.87. The van der Waals surface area contributed by atoms with E-state index < -0.39 is 0 Å². The zero-order valence-electron chi connectivity index (χ0n) is 9.08. The van der Waals surface area contributed by atoms with E-state index >= 15 is 0 Å². The van der Waals surface area contributed by atoms with E-state index in [-0.39, 0.29) is 5.41 Å². The summed E-state index contributed by atoms with van der Waals surface area (Å²) in [6.07, 6.45) is 3.75. The highest BCUT2D eigenvalue weighted by Gasteiger charge is 2.55. The summed E-state index contributed by atoms with van der Waals surface area (Å²) in [5.41, 5.74) is 5.84. The topological polar surface area (TPSA) is 49.5 Å². The Morgan fingerprint density at radius 3 is 2.50 bits per heavy atom. The summed E-state index contributed by atoms with van der Waals surface area (Å²) in [7, 11) is 2.19. The molecule has 0 amide bonds. The first kappa shape index (κ1) is 10.4. The average Bonchev–Trinajstić information content (AvgIpc) is 2.94. The van der Waals surface area contributed by atoms with Crippen molar-refractivity contribution in [2.75, 3.05) is 33.3 Å². The van der Waals surface area contributed by atoms with Gasteiger partial charge in [0.1, 0.15) is 0 Å². The fraction of sp³-hybridized carbons (Fsp3) is 1.00. The van der Waals surface area contributed by atoms with Crippen molar-refractivity contribution in [3.8, 4) is 0 Å². The Balaban J connectivity index is 1.87. The SMILES string of the molecule is CN1CCC(C2CC2(CN)CO)CC1. The fourth-order valence-corrected chi connectivity index (χ4v) is 2.96. The first-order valence-electron chi connectivity index (χ1n) is 5.71. The number of piperidine rings is 1. The molecular weight excluding hydrogens is 176 g/mol. The van der Waals surface area contributed by atoms with Crippen LogP contribution < -0.4 is 5.73 Å². The predicted molar refractivity (Wildman–Crippen MR) is 56.9 cm³/mol. The van der Waals surface area contributed by atoms with Crippen LogP contribution in [0, 0.1) is 17.3 Å². The van der Waals surface area contributed by atoms with Gasteiger partial charge in [-0.15, -0.1) is 0 Å². The molecule has 3 nitrogen and oxygen atoms in total. The molecule has 1 aliphatic heterocycles. The van der Waals surface area contributed by atoms with Gasteiger partial charge in [0.2, 0.25) is 0 Å². The molecule has 2 rings (SSSR count). The van der Waals surface area contributed by atoms with Crippen molar-refractivity contribution in [1.82, 2.24) is 4.90 Å². The van der Waals surface area contributed by atoms with Crippen LogP contribution in [-0.4, -0.2) is 43.3 Å². The van der Waals surface area contributed by atoms with Crippen molar-refractivity contribution in [2.24, 2.45) is 23.0 Å². The molecule has 1 saturated heterocycles. The molecule has 2 fully saturated rings. The molecule has 3 heteroatoms. The average molecular weight is 198 g/mol. The van der Waals surface area contributed by atoms with Gasteiger partial charge in [0.05, 0.1) is 6.61 Å². The molecule has 82 valence electrons. The van der Waals surface area contributed by atoms with Gasteiger partial charge >= 0.3 is 0 Å². The Morgan fingerprint density at radius 2 is 2.07 bits per heavy atom. The first-order valence-corrected chi connectivity index (χ1v) is 5.71. The minimum atomic E-state index is 0.112. The number of rotatable bonds is 3. The maximum atomic E-state index is 9.32. The molecule has 2 atom stereocenters. The molecule has 0 aromatic heterocycles. The maximum absolute atomic E-state index is 9.32. The second-order valence-electron chi connectivity index (χ2n) is 5.18. The van der Waals surface area contributed by atoms with Gasteiger partial charge < -0.3 is 15.7 Å². The zero-order chi connectivity index (χ0) is 10.2. The minimum absolute atomic E-state index is 0.112. The lowest BCUT2D eigenvalue weighted by Crippen LogP contribution is -2.33. The van der Waals surface area contributed by atoms with E-state index in [0.29, 0.717) is 19.1 Å². The molecule has 0 bridgehead atoms. The molecule has 2 aliphatic rings. The number of likely N-dealkylation sites (tertiary alicyclic amines) is 1. The number of nitrogens with zero attached hydrogens (tertiary/aromatic N) is 1. The van der Waals surface area contributed by atoms with Crippen LogP contribution in [0.15, 0.2) is 0 Å². The van der Waals surface area contributed by atoms with Crippen molar-refractivity contribution < 1.29 is 5.11 Å². The van der Waals surface area contributed by atoms with E-state index in [1.165, 1.54) is 25.9 Å². The standard InChI is InChI=1S/C11H22N2O/c1-13-4-2-9(3-5-13)10-6-11(10,7-12)8-14/h9-10,14H,2-8,12H2,1H3. The quantitative estimate of drug-likeness (QED) is 0.685. The third-order valence-corrected chi connectivity index (χ3v) is 4.31. The third-order valence-electron chi connectivity index (χ3n) is 4.31. The molecule has 0 aromatic rings. The monoisotopic (exact) mass is 198 g/mol. The van der Waals surface area contributed by atoms with Crippen LogP contribution in [0.3, 0.4) is 0 Å². The van der Waals surface area contributed by atoms with E-state index in [1.807, 2.05) is 0 Å². The largest absolute Gasteiger partial charge is 0.396 e. The van der Waals surface area contributed by atoms with Gasteiger partial charge in [-0.25, -0.2) is 0 Å². The van der Waals surface area contributed by atoms with Crippen LogP contribution in [0.5, 0.6) is 0 Å². The number of hydrogen-bond donors (Lipinski definition) is 2. The normalized spacial score (nSPS) is 40.1. The van der Waals surface area contributed by atoms with Crippen LogP contribution >= 0.6 is 0 Å². The van der Waals surface area contributed by atoms with E-state index in [9.17, 15) is 5.11 Å². The molecule has 0 spiro atoms. The second kappa shape index (κ2) is 3.80. The summed E-state index contributed by atoms with van der Waals surface area (Å²) >= 11 is 0. The van der Waals surface area contributed by atoms with E-state index in [4.69, 9.17) is 5.73 Å². The van der Waals surface area contributed by atoms with Crippen molar-refractivity contribution in [3.05, 3.63) is 0 Å². The lowest BCUT2D eigenvalue weighted by Gasteiger charge is -2.30. The molecule has 1 heterocycles. The van der Waals surface area contributed by atoms with Crippen molar-refractivity contribution in [1.29, 1.82) is 0 Å². The summed E-state index contributed by atoms with van der Waals surface area (Å²) in [5.74, 6) is 1.54. The van der Waals surface area contributed by atoms with Crippen LogP contribution in [0.25, 0.3) is 0 Å². The Labute approximate surface area is 86.3 Å². The number of aliphatic hydroxyl groups is 1. The van der Waals surface area contributed by atoms with Crippen LogP contribution in [0.1, 0.15) is 19.3 Å². The summed E-state index contributed by atoms with van der Waals surface area (Å²) in [6, 6.07) is 0. The number of hydrogen-bond acceptors (Lipinski definition) is 3. The van der Waals surface area contributed by atoms with Gasteiger partial charge in [-0.3, -0.25) is 0 Å². The number of nitrogens with two attached hydrogens (primary N) is 1. The predicted octanol–water partition coefficient (Wildman–Crippen LogP) is 0.286. The molecule has 2 unspecified atom stereocenters. The number of aliphatic hydroxyl groups excluding tert-OH is 1. The Bertz CT molecular complexity index is 195. The Morgan fingerprint density at radius 1 is 1.43 bits per heavy atom. The Kier molecular flexibility index (Phi) is 2.82. The van der Waals surface area contributed by atoms with Crippen molar-refractivity contribution >= 4 is 0 Å². The molecule has 3 N–H and O–H groups in total. The van der Waals surface area contributed by atoms with E-state index in [2.05, 4.69) is 11.9 Å². The second-order valence-corrected chi connectivity index (χ2v) is 5.18. The van der Waals surface area contributed by atoms with Crippen molar-refractivity contribution in [2.45, 2.75) is 19.3 Å². The third kappa shape index (κ3) is 1.69. The van der Waals surface area contributed by atoms with Gasteiger partial charge in [-0.2, -0.15) is 0 Å². The molecular formula is C11H22N2O. The highest BCUT2D eigenvalue weighted by molar-refractivity contribution is 5.06. The molecule has 14 heavy (non-hydrogen) atoms. The lowest BCUT2D eigenvalue weighted by molar-refractivity contribution is 0.155. The summed E-state index contributed by atoms with van der Waals surface area (Å²) in [5, 5.41) is 9.32. The van der Waals surface area contributed by atoms with Gasteiger partial charge in [0.25, 0.3) is 0 Å². The van der Waals surface area contributed by atoms with Gasteiger partial charge in [0.15, 0.2) is 0 Å². The smallest absolute Gasteiger partial charge is 0.0502 e. The van der Waals surface area contributed by atoms with Crippen LogP contribution in [0.4, 0.5) is 0 Å². The molecule has 0 aromatic carbocycles. The van der Waals surface area contributed by atoms with E-state index in [1.54, 1.807) is 0 Å². The fourth-order valence-electron chi connectivity index (χ4n) is 2.96. The molecule has 0 radical (unpaired) electrons. The highest BCUT2D eigenvalue weighted by Crippen LogP contribution is 2.57. The minimum Gasteiger partial charge on any atom is -0.396 e. The Hall–Kier alpha value is -0.120. The van der Waals surface area contributed by atoms with Gasteiger partial charge in [-0.05, 0) is 51.2 Å². The zero-order valence-corrected chi connectivity index (χ0v) is 9.08. The van der Waals surface area contributed by atoms with Gasteiger partial charge in [-0.1, -0.05) is 0 Å². The summed E-state index contributed by atoms with van der Waals surface area (Å²) in [6.45, 7) is 3.39. The van der Waals surface area contributed by atoms with Gasteiger partial charge in [0, 0.05) is 12.0 Å². The molecule has 1 saturated carbocycles. The van der Waals surface area contributed by atoms with Crippen molar-refractivity contribution in [3.63, 3.8) is 0 Å². The van der Waals surface area contributed by atoms with E-state index in [0.717, 1.165) is 12.3 Å².